The van der Waals surface area contributed by atoms with Crippen molar-refractivity contribution in [3.05, 3.63) is 0 Å². The van der Waals surface area contributed by atoms with E-state index in [-0.39, 0.29) is 0 Å². The van der Waals surface area contributed by atoms with E-state index in [9.17, 15) is 52.7 Å². The number of rotatable bonds is 6. The van der Waals surface area contributed by atoms with Gasteiger partial charge in [0, 0.05) is 0 Å². The van der Waals surface area contributed by atoms with Crippen LogP contribution in [0, 0.1) is 0 Å². The normalized spacial score (nSPS) is 23.2. The molecule has 0 saturated carbocycles. The number of hydrogen-bond acceptors (Lipinski definition) is 4. The fourth-order valence-corrected chi connectivity index (χ4v) is 17.1. The van der Waals surface area contributed by atoms with Crippen molar-refractivity contribution >= 4 is 33.4 Å². The number of alkyl halides is 12. The van der Waals surface area contributed by atoms with Crippen molar-refractivity contribution in [3.63, 3.8) is 0 Å². The van der Waals surface area contributed by atoms with Gasteiger partial charge in [-0.1, -0.05) is 39.3 Å². The summed E-state index contributed by atoms with van der Waals surface area (Å²) < 4.78 is 167. The van der Waals surface area contributed by atoms with E-state index in [1.54, 1.807) is 0 Å². The van der Waals surface area contributed by atoms with Gasteiger partial charge in [0.05, 0.1) is 0 Å². The van der Waals surface area contributed by atoms with Crippen LogP contribution >= 0.6 is 16.9 Å². The van der Waals surface area contributed by atoms with Crippen LogP contribution in [0.1, 0.15) is 0 Å². The van der Waals surface area contributed by atoms with Gasteiger partial charge in [-0.3, -0.25) is 0 Å². The number of nitrogens with zero attached hydrogens (tertiary/aromatic N) is 2. The van der Waals surface area contributed by atoms with Gasteiger partial charge in [0.15, 0.2) is 16.9 Å². The standard InChI is InChI=1S/C12H20F12N2O2P2Si2/c1-31(2,3)25-29(27-7(9(13,14)15)10(16,17)18)26(32(4,5)6)30(25)28-8(11(19,20)21)12(22,23)24/h7-8H,1-6H3. The summed E-state index contributed by atoms with van der Waals surface area (Å²) in [5.74, 6) is 0. The fraction of sp³-hybridized carbons (Fsp3) is 1.00. The fourth-order valence-electron chi connectivity index (χ4n) is 2.26. The van der Waals surface area contributed by atoms with E-state index in [0.29, 0.717) is 0 Å². The van der Waals surface area contributed by atoms with E-state index in [2.05, 4.69) is 9.05 Å². The first kappa shape index (κ1) is 30.3. The highest BCUT2D eigenvalue weighted by Gasteiger charge is 2.68. The van der Waals surface area contributed by atoms with Gasteiger partial charge in [-0.05, 0) is 0 Å². The molecule has 0 aromatic heterocycles. The zero-order valence-corrected chi connectivity index (χ0v) is 21.1. The molecule has 1 aliphatic heterocycles. The molecule has 32 heavy (non-hydrogen) atoms. The maximum atomic E-state index is 13.0. The van der Waals surface area contributed by atoms with Gasteiger partial charge in [-0.15, -0.1) is 0 Å². The van der Waals surface area contributed by atoms with Crippen molar-refractivity contribution in [2.75, 3.05) is 0 Å². The summed E-state index contributed by atoms with van der Waals surface area (Å²) in [5, 5.41) is 0. The molecule has 1 saturated heterocycles. The van der Waals surface area contributed by atoms with Crippen molar-refractivity contribution in [2.24, 2.45) is 0 Å². The molecule has 4 nitrogen and oxygen atoms in total. The minimum absolute atomic E-state index is 0.741. The summed E-state index contributed by atoms with van der Waals surface area (Å²) in [5.41, 5.74) is 0. The average molecular weight is 570 g/mol. The summed E-state index contributed by atoms with van der Waals surface area (Å²) in [4.78, 5) is 0. The SMILES string of the molecule is C[Si](C)(C)N1P(OC(C(F)(F)F)C(F)(F)F)N([Si](C)(C)C)P1OC(C(F)(F)F)C(F)(F)F. The van der Waals surface area contributed by atoms with E-state index in [1.807, 2.05) is 0 Å². The van der Waals surface area contributed by atoms with Gasteiger partial charge in [-0.2, -0.15) is 52.7 Å². The zero-order valence-electron chi connectivity index (χ0n) is 17.3. The first-order valence-electron chi connectivity index (χ1n) is 8.51. The summed E-state index contributed by atoms with van der Waals surface area (Å²) in [6.45, 7) is 7.99. The lowest BCUT2D eigenvalue weighted by Gasteiger charge is -2.62. The minimum atomic E-state index is -5.91. The monoisotopic (exact) mass is 570 g/mol. The Morgan fingerprint density at radius 2 is 0.688 bits per heavy atom. The molecule has 0 amide bonds. The molecule has 1 heterocycles. The first-order chi connectivity index (χ1) is 13.7. The average Bonchev–Trinajstić information content (AvgIpc) is 2.35. The van der Waals surface area contributed by atoms with Crippen LogP contribution in [0.3, 0.4) is 0 Å². The second kappa shape index (κ2) is 9.06. The predicted octanol–water partition coefficient (Wildman–Crippen LogP) is 7.75. The Balaban J connectivity index is 3.50. The smallest absolute Gasteiger partial charge is 0.309 e. The van der Waals surface area contributed by atoms with Gasteiger partial charge in [0.25, 0.3) is 12.2 Å². The van der Waals surface area contributed by atoms with Gasteiger partial charge < -0.3 is 9.05 Å². The maximum absolute atomic E-state index is 13.0. The molecule has 0 radical (unpaired) electrons. The van der Waals surface area contributed by atoms with E-state index < -0.39 is 70.3 Å². The molecule has 0 aromatic rings. The highest BCUT2D eigenvalue weighted by molar-refractivity contribution is 7.83. The van der Waals surface area contributed by atoms with Gasteiger partial charge in [-0.25, -0.2) is 8.21 Å². The Labute approximate surface area is 180 Å². The molecular weight excluding hydrogens is 550 g/mol. The molecule has 0 aromatic carbocycles. The molecule has 0 bridgehead atoms. The van der Waals surface area contributed by atoms with Crippen LogP contribution in [0.15, 0.2) is 0 Å². The number of halogens is 12. The van der Waals surface area contributed by atoms with Crippen molar-refractivity contribution in [1.82, 2.24) is 8.21 Å². The third kappa shape index (κ3) is 7.15. The molecule has 0 spiro atoms. The van der Waals surface area contributed by atoms with Crippen molar-refractivity contribution in [3.8, 4) is 0 Å². The van der Waals surface area contributed by atoms with Crippen molar-refractivity contribution < 1.29 is 61.7 Å². The predicted molar refractivity (Wildman–Crippen MR) is 98.2 cm³/mol. The van der Waals surface area contributed by atoms with Crippen LogP contribution in [-0.4, -0.2) is 61.6 Å². The summed E-state index contributed by atoms with van der Waals surface area (Å²) >= 11 is 0. The first-order valence-corrected chi connectivity index (χ1v) is 17.7. The second-order valence-corrected chi connectivity index (χ2v) is 23.3. The highest BCUT2D eigenvalue weighted by atomic mass is 31.3. The van der Waals surface area contributed by atoms with E-state index in [0.717, 1.165) is 8.21 Å². The second-order valence-electron chi connectivity index (χ2n) is 8.56. The molecule has 0 atom stereocenters. The Morgan fingerprint density at radius 1 is 0.500 bits per heavy atom. The molecule has 1 aliphatic rings. The summed E-state index contributed by atoms with van der Waals surface area (Å²) in [6, 6.07) is 0. The molecule has 0 unspecified atom stereocenters. The van der Waals surface area contributed by atoms with E-state index >= 15 is 0 Å². The molecule has 192 valence electrons. The Bertz CT molecular complexity index is 567. The molecule has 1 fully saturated rings. The Morgan fingerprint density at radius 3 is 0.812 bits per heavy atom. The Kier molecular flexibility index (Phi) is 8.59. The highest BCUT2D eigenvalue weighted by Crippen LogP contribution is 2.82. The van der Waals surface area contributed by atoms with Gasteiger partial charge in [0.1, 0.15) is 16.5 Å². The molecular formula is C12H20F12N2O2P2Si2. The van der Waals surface area contributed by atoms with Crippen LogP contribution in [-0.2, 0) is 9.05 Å². The largest absolute Gasteiger partial charge is 0.424 e. The molecule has 0 aliphatic carbocycles. The van der Waals surface area contributed by atoms with Gasteiger partial charge in [0.2, 0.25) is 0 Å². The third-order valence-corrected chi connectivity index (χ3v) is 19.0. The molecule has 20 heteroatoms. The molecule has 0 N–H and O–H groups in total. The lowest BCUT2D eigenvalue weighted by atomic mass is 10.3. The summed E-state index contributed by atoms with van der Waals surface area (Å²) in [6.07, 6.45) is -32.2. The Hall–Kier alpha value is 0.294. The van der Waals surface area contributed by atoms with E-state index in [1.165, 1.54) is 39.3 Å². The van der Waals surface area contributed by atoms with Crippen LogP contribution in [0.25, 0.3) is 0 Å². The molecule has 1 rings (SSSR count). The van der Waals surface area contributed by atoms with Crippen molar-refractivity contribution in [1.29, 1.82) is 0 Å². The van der Waals surface area contributed by atoms with Crippen LogP contribution < -0.4 is 0 Å². The lowest BCUT2D eigenvalue weighted by Crippen LogP contribution is -2.60. The third-order valence-electron chi connectivity index (χ3n) is 3.44. The topological polar surface area (TPSA) is 24.9 Å². The van der Waals surface area contributed by atoms with E-state index in [4.69, 9.17) is 0 Å². The number of hydrogen-bond donors (Lipinski definition) is 0. The van der Waals surface area contributed by atoms with Crippen molar-refractivity contribution in [2.45, 2.75) is 76.2 Å². The minimum Gasteiger partial charge on any atom is -0.309 e. The zero-order chi connectivity index (χ0) is 25.9. The van der Waals surface area contributed by atoms with Crippen LogP contribution in [0.4, 0.5) is 52.7 Å². The quantitative estimate of drug-likeness (QED) is 0.185. The summed E-state index contributed by atoms with van der Waals surface area (Å²) in [7, 11) is -12.3. The van der Waals surface area contributed by atoms with Crippen LogP contribution in [0.2, 0.25) is 39.3 Å². The van der Waals surface area contributed by atoms with Crippen LogP contribution in [0.5, 0.6) is 0 Å². The van der Waals surface area contributed by atoms with Gasteiger partial charge >= 0.3 is 24.7 Å². The lowest BCUT2D eigenvalue weighted by molar-refractivity contribution is -0.301. The maximum Gasteiger partial charge on any atom is 0.424 e.